The molecule has 1 atom stereocenters. The summed E-state index contributed by atoms with van der Waals surface area (Å²) in [5.74, 6) is 1.07. The number of aromatic nitrogens is 2. The zero-order valence-corrected chi connectivity index (χ0v) is 14.4. The number of para-hydroxylation sites is 1. The minimum atomic E-state index is -0.0680. The second kappa shape index (κ2) is 7.05. The van der Waals surface area contributed by atoms with E-state index in [0.29, 0.717) is 24.7 Å². The molecule has 2 aromatic rings. The molecule has 0 aliphatic carbocycles. The summed E-state index contributed by atoms with van der Waals surface area (Å²) < 4.78 is 5.48. The summed E-state index contributed by atoms with van der Waals surface area (Å²) in [5, 5.41) is 10.5. The Balaban J connectivity index is 1.90. The van der Waals surface area contributed by atoms with Crippen molar-refractivity contribution in [1.82, 2.24) is 20.4 Å². The van der Waals surface area contributed by atoms with Crippen molar-refractivity contribution < 1.29 is 9.53 Å². The number of amides is 1. The Bertz CT molecular complexity index is 711. The lowest BCUT2D eigenvalue weighted by Crippen LogP contribution is -2.48. The topological polar surface area (TPSA) is 70.2 Å². The van der Waals surface area contributed by atoms with E-state index in [1.54, 1.807) is 7.11 Å². The maximum Gasteiger partial charge on any atom is 0.274 e. The Labute approximate surface area is 142 Å². The quantitative estimate of drug-likeness (QED) is 0.904. The average Bonchev–Trinajstić information content (AvgIpc) is 3.11. The Morgan fingerprint density at radius 1 is 1.38 bits per heavy atom. The second-order valence-corrected chi connectivity index (χ2v) is 6.32. The number of nitrogens with one attached hydrogen (secondary N) is 2. The van der Waals surface area contributed by atoms with Crippen molar-refractivity contribution >= 4 is 5.91 Å². The van der Waals surface area contributed by atoms with Gasteiger partial charge in [0.1, 0.15) is 11.4 Å². The lowest BCUT2D eigenvalue weighted by atomic mass is 10.0. The normalized spacial score (nSPS) is 18.0. The van der Waals surface area contributed by atoms with Crippen molar-refractivity contribution in [3.05, 3.63) is 47.3 Å². The van der Waals surface area contributed by atoms with Gasteiger partial charge < -0.3 is 15.0 Å². The van der Waals surface area contributed by atoms with Gasteiger partial charge in [0.05, 0.1) is 13.2 Å². The minimum absolute atomic E-state index is 0.0458. The maximum absolute atomic E-state index is 13.0. The van der Waals surface area contributed by atoms with Gasteiger partial charge >= 0.3 is 0 Å². The highest BCUT2D eigenvalue weighted by Crippen LogP contribution is 2.31. The predicted molar refractivity (Wildman–Crippen MR) is 92.3 cm³/mol. The molecule has 2 heterocycles. The number of carbonyl (C=O) groups excluding carboxylic acids is 1. The van der Waals surface area contributed by atoms with Gasteiger partial charge in [-0.2, -0.15) is 5.10 Å². The van der Waals surface area contributed by atoms with Crippen LogP contribution >= 0.6 is 0 Å². The van der Waals surface area contributed by atoms with Gasteiger partial charge in [0.2, 0.25) is 0 Å². The van der Waals surface area contributed by atoms with Gasteiger partial charge in [-0.3, -0.25) is 9.89 Å². The number of rotatable bonds is 4. The summed E-state index contributed by atoms with van der Waals surface area (Å²) in [4.78, 5) is 14.9. The van der Waals surface area contributed by atoms with Gasteiger partial charge in [0.15, 0.2) is 0 Å². The van der Waals surface area contributed by atoms with Crippen LogP contribution in [-0.4, -0.2) is 47.7 Å². The number of carbonyl (C=O) groups is 1. The van der Waals surface area contributed by atoms with Crippen LogP contribution in [-0.2, 0) is 0 Å². The molecule has 6 nitrogen and oxygen atoms in total. The third-order valence-electron chi connectivity index (χ3n) is 4.44. The number of methoxy groups -OCH3 is 1. The number of nitrogens with zero attached hydrogens (tertiary/aromatic N) is 2. The van der Waals surface area contributed by atoms with Gasteiger partial charge in [-0.15, -0.1) is 0 Å². The molecule has 0 spiro atoms. The number of hydrogen-bond acceptors (Lipinski definition) is 4. The lowest BCUT2D eigenvalue weighted by Gasteiger charge is -2.36. The molecule has 1 aliphatic rings. The fraction of sp³-hybridized carbons (Fsp3) is 0.444. The third-order valence-corrected chi connectivity index (χ3v) is 4.44. The van der Waals surface area contributed by atoms with Gasteiger partial charge in [0, 0.05) is 30.9 Å². The molecule has 0 bridgehead atoms. The molecule has 1 unspecified atom stereocenters. The smallest absolute Gasteiger partial charge is 0.274 e. The number of ether oxygens (including phenoxy) is 1. The molecule has 24 heavy (non-hydrogen) atoms. The fourth-order valence-electron chi connectivity index (χ4n) is 3.06. The summed E-state index contributed by atoms with van der Waals surface area (Å²) in [5.41, 5.74) is 2.46. The van der Waals surface area contributed by atoms with Crippen LogP contribution in [0.25, 0.3) is 0 Å². The number of piperazine rings is 1. The van der Waals surface area contributed by atoms with Crippen LogP contribution in [0.5, 0.6) is 5.75 Å². The summed E-state index contributed by atoms with van der Waals surface area (Å²) >= 11 is 0. The van der Waals surface area contributed by atoms with Gasteiger partial charge in [-0.05, 0) is 18.1 Å². The minimum Gasteiger partial charge on any atom is -0.496 e. The van der Waals surface area contributed by atoms with Crippen molar-refractivity contribution in [2.75, 3.05) is 26.7 Å². The van der Waals surface area contributed by atoms with Crippen molar-refractivity contribution in [3.63, 3.8) is 0 Å². The first-order chi connectivity index (χ1) is 11.6. The summed E-state index contributed by atoms with van der Waals surface area (Å²) in [6.45, 7) is 6.27. The van der Waals surface area contributed by atoms with E-state index < -0.39 is 0 Å². The first kappa shape index (κ1) is 16.5. The summed E-state index contributed by atoms with van der Waals surface area (Å²) in [6.07, 6.45) is 0. The molecule has 1 aliphatic heterocycles. The van der Waals surface area contributed by atoms with Crippen LogP contribution in [0, 0.1) is 0 Å². The van der Waals surface area contributed by atoms with E-state index in [1.165, 1.54) is 0 Å². The van der Waals surface area contributed by atoms with E-state index in [2.05, 4.69) is 29.4 Å². The molecule has 0 radical (unpaired) electrons. The molecule has 128 valence electrons. The molecule has 1 saturated heterocycles. The fourth-order valence-corrected chi connectivity index (χ4v) is 3.06. The Hall–Kier alpha value is -2.34. The molecule has 1 aromatic carbocycles. The van der Waals surface area contributed by atoms with Crippen LogP contribution in [0.15, 0.2) is 30.3 Å². The van der Waals surface area contributed by atoms with Gasteiger partial charge in [-0.1, -0.05) is 32.0 Å². The predicted octanol–water partition coefficient (Wildman–Crippen LogP) is 2.33. The molecule has 1 aromatic heterocycles. The van der Waals surface area contributed by atoms with E-state index in [-0.39, 0.29) is 11.9 Å². The average molecular weight is 328 g/mol. The van der Waals surface area contributed by atoms with Crippen LogP contribution < -0.4 is 10.1 Å². The number of H-pyrrole nitrogens is 1. The third kappa shape index (κ3) is 3.14. The first-order valence-electron chi connectivity index (χ1n) is 8.31. The monoisotopic (exact) mass is 328 g/mol. The highest BCUT2D eigenvalue weighted by Gasteiger charge is 2.31. The van der Waals surface area contributed by atoms with Crippen molar-refractivity contribution in [2.45, 2.75) is 25.8 Å². The number of aromatic amines is 1. The molecule has 0 saturated carbocycles. The number of benzene rings is 1. The van der Waals surface area contributed by atoms with Crippen LogP contribution in [0.3, 0.4) is 0 Å². The van der Waals surface area contributed by atoms with E-state index in [4.69, 9.17) is 4.74 Å². The van der Waals surface area contributed by atoms with Crippen LogP contribution in [0.2, 0.25) is 0 Å². The molecule has 2 N–H and O–H groups in total. The standard InChI is InChI=1S/C18H24N4O2/c1-12(2)14-10-15(21-20-14)18(23)22-9-8-19-11-16(22)13-6-4-5-7-17(13)24-3/h4-7,10,12,16,19H,8-9,11H2,1-3H3,(H,20,21). The molecular formula is C18H24N4O2. The molecule has 1 fully saturated rings. The van der Waals surface area contributed by atoms with E-state index in [1.807, 2.05) is 35.2 Å². The Morgan fingerprint density at radius 3 is 2.88 bits per heavy atom. The molecule has 1 amide bonds. The Kier molecular flexibility index (Phi) is 4.85. The van der Waals surface area contributed by atoms with Crippen LogP contribution in [0.4, 0.5) is 0 Å². The van der Waals surface area contributed by atoms with Gasteiger partial charge in [-0.25, -0.2) is 0 Å². The largest absolute Gasteiger partial charge is 0.496 e. The maximum atomic E-state index is 13.0. The highest BCUT2D eigenvalue weighted by atomic mass is 16.5. The van der Waals surface area contributed by atoms with E-state index in [0.717, 1.165) is 23.6 Å². The van der Waals surface area contributed by atoms with Gasteiger partial charge in [0.25, 0.3) is 5.91 Å². The zero-order valence-electron chi connectivity index (χ0n) is 14.4. The molecule has 3 rings (SSSR count). The van der Waals surface area contributed by atoms with E-state index >= 15 is 0 Å². The molecular weight excluding hydrogens is 304 g/mol. The highest BCUT2D eigenvalue weighted by molar-refractivity contribution is 5.93. The summed E-state index contributed by atoms with van der Waals surface area (Å²) in [7, 11) is 1.66. The first-order valence-corrected chi connectivity index (χ1v) is 8.31. The van der Waals surface area contributed by atoms with Crippen molar-refractivity contribution in [3.8, 4) is 5.75 Å². The van der Waals surface area contributed by atoms with Crippen LogP contribution in [0.1, 0.15) is 47.6 Å². The van der Waals surface area contributed by atoms with Crippen molar-refractivity contribution in [2.24, 2.45) is 0 Å². The summed E-state index contributed by atoms with van der Waals surface area (Å²) in [6, 6.07) is 9.64. The zero-order chi connectivity index (χ0) is 17.1. The van der Waals surface area contributed by atoms with Crippen molar-refractivity contribution in [1.29, 1.82) is 0 Å². The Morgan fingerprint density at radius 2 is 2.17 bits per heavy atom. The second-order valence-electron chi connectivity index (χ2n) is 6.32. The lowest BCUT2D eigenvalue weighted by molar-refractivity contribution is 0.0625. The SMILES string of the molecule is COc1ccccc1C1CNCCN1C(=O)c1cc(C(C)C)[nH]n1. The number of hydrogen-bond donors (Lipinski definition) is 2. The van der Waals surface area contributed by atoms with E-state index in [9.17, 15) is 4.79 Å². The molecule has 6 heteroatoms.